The highest BCUT2D eigenvalue weighted by Crippen LogP contribution is 2.31. The van der Waals surface area contributed by atoms with Crippen LogP contribution in [0.4, 0.5) is 18.9 Å². The first-order valence-electron chi connectivity index (χ1n) is 9.36. The van der Waals surface area contributed by atoms with E-state index in [0.29, 0.717) is 5.52 Å². The van der Waals surface area contributed by atoms with Gasteiger partial charge in [-0.2, -0.15) is 13.2 Å². The number of nitrogens with zero attached hydrogens (tertiary/aromatic N) is 2. The Morgan fingerprint density at radius 2 is 1.94 bits per heavy atom. The normalized spacial score (nSPS) is 11.6. The molecule has 0 atom stereocenters. The molecule has 3 rings (SSSR count). The number of alkyl halides is 3. The van der Waals surface area contributed by atoms with E-state index < -0.39 is 22.4 Å². The number of benzene rings is 2. The van der Waals surface area contributed by atoms with Crippen LogP contribution in [0.1, 0.15) is 24.0 Å². The predicted molar refractivity (Wildman–Crippen MR) is 105 cm³/mol. The average molecular weight is 437 g/mol. The number of fused-ring (bicyclic) bond motifs is 1. The first-order chi connectivity index (χ1) is 14.7. The fourth-order valence-corrected chi connectivity index (χ4v) is 3.22. The van der Waals surface area contributed by atoms with Gasteiger partial charge in [0.25, 0.3) is 5.69 Å². The van der Waals surface area contributed by atoms with Crippen LogP contribution in [0.15, 0.2) is 51.7 Å². The number of carbonyl (C=O) groups is 1. The minimum absolute atomic E-state index is 0.0338. The van der Waals surface area contributed by atoms with Gasteiger partial charge in [0.15, 0.2) is 5.58 Å². The average Bonchev–Trinajstić information content (AvgIpc) is 3.02. The Hall–Kier alpha value is -3.63. The van der Waals surface area contributed by atoms with Crippen LogP contribution in [0.3, 0.4) is 0 Å². The standard InChI is InChI=1S/C20H18F3N3O5/c21-20(22,23)15-5-2-1-4-13(15)9-10-24-18(27)6-3-11-25-16-8-7-14(26(29)30)12-17(16)31-19(25)28/h1-2,4-5,7-8,12H,3,6,9-11H2,(H,24,27). The molecule has 0 aliphatic heterocycles. The van der Waals surface area contributed by atoms with Crippen LogP contribution in [0.25, 0.3) is 11.1 Å². The number of oxazole rings is 1. The van der Waals surface area contributed by atoms with Gasteiger partial charge >= 0.3 is 11.9 Å². The molecule has 0 fully saturated rings. The molecule has 11 heteroatoms. The molecule has 0 bridgehead atoms. The van der Waals surface area contributed by atoms with E-state index in [1.165, 1.54) is 34.9 Å². The van der Waals surface area contributed by atoms with Crippen LogP contribution in [-0.2, 0) is 23.9 Å². The summed E-state index contributed by atoms with van der Waals surface area (Å²) in [4.78, 5) is 34.2. The van der Waals surface area contributed by atoms with Gasteiger partial charge in [-0.05, 0) is 30.5 Å². The molecule has 1 N–H and O–H groups in total. The Morgan fingerprint density at radius 3 is 2.65 bits per heavy atom. The van der Waals surface area contributed by atoms with E-state index in [1.807, 2.05) is 0 Å². The molecule has 0 saturated heterocycles. The molecular weight excluding hydrogens is 419 g/mol. The highest BCUT2D eigenvalue weighted by molar-refractivity contribution is 5.76. The fraction of sp³-hybridized carbons (Fsp3) is 0.300. The number of nitrogens with one attached hydrogen (secondary N) is 1. The van der Waals surface area contributed by atoms with E-state index in [4.69, 9.17) is 4.42 Å². The van der Waals surface area contributed by atoms with Crippen molar-refractivity contribution in [3.05, 3.63) is 74.3 Å². The van der Waals surface area contributed by atoms with Crippen molar-refractivity contribution in [2.45, 2.75) is 32.0 Å². The monoisotopic (exact) mass is 437 g/mol. The third-order valence-electron chi connectivity index (χ3n) is 4.69. The first-order valence-corrected chi connectivity index (χ1v) is 9.36. The van der Waals surface area contributed by atoms with Gasteiger partial charge in [-0.3, -0.25) is 19.5 Å². The van der Waals surface area contributed by atoms with Crippen LogP contribution in [-0.4, -0.2) is 21.9 Å². The Labute approximate surface area is 173 Å². The van der Waals surface area contributed by atoms with Gasteiger partial charge in [-0.25, -0.2) is 4.79 Å². The van der Waals surface area contributed by atoms with Crippen molar-refractivity contribution < 1.29 is 27.3 Å². The number of carbonyl (C=O) groups excluding carboxylic acids is 1. The molecule has 31 heavy (non-hydrogen) atoms. The largest absolute Gasteiger partial charge is 0.419 e. The van der Waals surface area contributed by atoms with Gasteiger partial charge in [0, 0.05) is 25.6 Å². The molecule has 0 saturated carbocycles. The third-order valence-corrected chi connectivity index (χ3v) is 4.69. The number of hydrogen-bond acceptors (Lipinski definition) is 5. The molecule has 1 aromatic heterocycles. The molecule has 0 radical (unpaired) electrons. The van der Waals surface area contributed by atoms with E-state index >= 15 is 0 Å². The van der Waals surface area contributed by atoms with Crippen molar-refractivity contribution >= 4 is 22.7 Å². The maximum atomic E-state index is 13.0. The third kappa shape index (κ3) is 5.30. The fourth-order valence-electron chi connectivity index (χ4n) is 3.22. The highest BCUT2D eigenvalue weighted by atomic mass is 19.4. The minimum Gasteiger partial charge on any atom is -0.407 e. The number of hydrogen-bond donors (Lipinski definition) is 1. The van der Waals surface area contributed by atoms with Crippen molar-refractivity contribution in [1.29, 1.82) is 0 Å². The van der Waals surface area contributed by atoms with Gasteiger partial charge < -0.3 is 9.73 Å². The maximum absolute atomic E-state index is 13.0. The van der Waals surface area contributed by atoms with E-state index in [9.17, 15) is 32.9 Å². The molecule has 0 unspecified atom stereocenters. The molecule has 8 nitrogen and oxygen atoms in total. The minimum atomic E-state index is -4.46. The van der Waals surface area contributed by atoms with Crippen LogP contribution >= 0.6 is 0 Å². The summed E-state index contributed by atoms with van der Waals surface area (Å²) in [5.41, 5.74) is -0.386. The van der Waals surface area contributed by atoms with Crippen LogP contribution in [0.2, 0.25) is 0 Å². The number of halogens is 3. The number of nitro groups is 1. The van der Waals surface area contributed by atoms with Crippen LogP contribution < -0.4 is 11.1 Å². The number of aryl methyl sites for hydroxylation is 1. The number of amides is 1. The van der Waals surface area contributed by atoms with Crippen molar-refractivity contribution in [3.63, 3.8) is 0 Å². The molecule has 1 heterocycles. The van der Waals surface area contributed by atoms with Gasteiger partial charge in [0.2, 0.25) is 5.91 Å². The van der Waals surface area contributed by atoms with E-state index in [1.54, 1.807) is 0 Å². The zero-order valence-corrected chi connectivity index (χ0v) is 16.1. The summed E-state index contributed by atoms with van der Waals surface area (Å²) in [6.45, 7) is 0.193. The van der Waals surface area contributed by atoms with Gasteiger partial charge in [-0.15, -0.1) is 0 Å². The lowest BCUT2D eigenvalue weighted by molar-refractivity contribution is -0.384. The topological polar surface area (TPSA) is 107 Å². The molecule has 2 aromatic carbocycles. The quantitative estimate of drug-likeness (QED) is 0.428. The number of rotatable bonds is 8. The number of nitro benzene ring substituents is 1. The highest BCUT2D eigenvalue weighted by Gasteiger charge is 2.32. The van der Waals surface area contributed by atoms with E-state index in [-0.39, 0.29) is 55.1 Å². The summed E-state index contributed by atoms with van der Waals surface area (Å²) in [6.07, 6.45) is -4.10. The molecule has 0 aliphatic carbocycles. The Kier molecular flexibility index (Phi) is 6.42. The van der Waals surface area contributed by atoms with Gasteiger partial charge in [-0.1, -0.05) is 18.2 Å². The summed E-state index contributed by atoms with van der Waals surface area (Å²) in [6, 6.07) is 8.99. The zero-order valence-electron chi connectivity index (χ0n) is 16.1. The zero-order chi connectivity index (χ0) is 22.6. The molecule has 3 aromatic rings. The second-order valence-corrected chi connectivity index (χ2v) is 6.79. The van der Waals surface area contributed by atoms with Gasteiger partial charge in [0.1, 0.15) is 0 Å². The molecule has 1 amide bonds. The lowest BCUT2D eigenvalue weighted by Gasteiger charge is -2.13. The summed E-state index contributed by atoms with van der Waals surface area (Å²) in [7, 11) is 0. The Balaban J connectivity index is 1.52. The molecule has 0 aliphatic rings. The Bertz CT molecular complexity index is 1170. The van der Waals surface area contributed by atoms with Crippen LogP contribution in [0.5, 0.6) is 0 Å². The van der Waals surface area contributed by atoms with Crippen molar-refractivity contribution in [2.75, 3.05) is 6.54 Å². The van der Waals surface area contributed by atoms with Crippen LogP contribution in [0, 0.1) is 10.1 Å². The number of aromatic nitrogens is 1. The number of non-ortho nitro benzene ring substituents is 1. The molecular formula is C20H18F3N3O5. The lowest BCUT2D eigenvalue weighted by Crippen LogP contribution is -2.26. The molecule has 164 valence electrons. The summed E-state index contributed by atoms with van der Waals surface area (Å²) in [5.74, 6) is -1.05. The summed E-state index contributed by atoms with van der Waals surface area (Å²) in [5, 5.41) is 13.4. The first kappa shape index (κ1) is 22.1. The summed E-state index contributed by atoms with van der Waals surface area (Å²) < 4.78 is 45.2. The van der Waals surface area contributed by atoms with Crippen molar-refractivity contribution in [2.24, 2.45) is 0 Å². The van der Waals surface area contributed by atoms with Gasteiger partial charge in [0.05, 0.1) is 22.1 Å². The predicted octanol–water partition coefficient (Wildman–Crippen LogP) is 3.66. The smallest absolute Gasteiger partial charge is 0.407 e. The van der Waals surface area contributed by atoms with E-state index in [0.717, 1.165) is 12.1 Å². The van der Waals surface area contributed by atoms with Crippen molar-refractivity contribution in [3.8, 4) is 0 Å². The second-order valence-electron chi connectivity index (χ2n) is 6.79. The summed E-state index contributed by atoms with van der Waals surface area (Å²) >= 11 is 0. The Morgan fingerprint density at radius 1 is 1.19 bits per heavy atom. The molecule has 0 spiro atoms. The van der Waals surface area contributed by atoms with E-state index in [2.05, 4.69) is 5.32 Å². The van der Waals surface area contributed by atoms with Crippen molar-refractivity contribution in [1.82, 2.24) is 9.88 Å². The maximum Gasteiger partial charge on any atom is 0.419 e. The lowest BCUT2D eigenvalue weighted by atomic mass is 10.0. The SMILES string of the molecule is O=C(CCCn1c(=O)oc2cc([N+](=O)[O-])ccc21)NCCc1ccccc1C(F)(F)F. The second kappa shape index (κ2) is 9.02.